The zero-order valence-corrected chi connectivity index (χ0v) is 11.6. The number of carbonyl (C=O) groups is 1. The lowest BCUT2D eigenvalue weighted by atomic mass is 9.97. The second-order valence-corrected chi connectivity index (χ2v) is 4.66. The molecular weight excluding hydrogens is 267 g/mol. The van der Waals surface area contributed by atoms with Gasteiger partial charge in [0.2, 0.25) is 5.91 Å². The fraction of sp³-hybridized carbons (Fsp3) is 0.500. The number of rotatable bonds is 4. The van der Waals surface area contributed by atoms with E-state index in [2.05, 4.69) is 10.6 Å². The number of hydrogen-bond acceptors (Lipinski definition) is 2. The lowest BCUT2D eigenvalue weighted by molar-refractivity contribution is -0.125. The molecule has 0 unspecified atom stereocenters. The number of hydrogen-bond donors (Lipinski definition) is 2. The Labute approximate surface area is 119 Å². The van der Waals surface area contributed by atoms with Crippen molar-refractivity contribution in [2.45, 2.75) is 19.3 Å². The molecule has 0 radical (unpaired) electrons. The van der Waals surface area contributed by atoms with Crippen LogP contribution < -0.4 is 10.6 Å². The number of piperidine rings is 1. The van der Waals surface area contributed by atoms with Crippen LogP contribution in [0.15, 0.2) is 24.3 Å². The molecule has 1 heterocycles. The van der Waals surface area contributed by atoms with Gasteiger partial charge in [0, 0.05) is 12.5 Å². The SMILES string of the molecule is Cl.O=C(NCCc1ccccc1F)C1CCNCC1. The maximum absolute atomic E-state index is 13.3. The lowest BCUT2D eigenvalue weighted by Gasteiger charge is -2.21. The van der Waals surface area contributed by atoms with Gasteiger partial charge in [0.05, 0.1) is 0 Å². The summed E-state index contributed by atoms with van der Waals surface area (Å²) in [5.41, 5.74) is 0.656. The fourth-order valence-corrected chi connectivity index (χ4v) is 2.25. The zero-order chi connectivity index (χ0) is 12.8. The molecule has 2 rings (SSSR count). The molecule has 3 nitrogen and oxygen atoms in total. The van der Waals surface area contributed by atoms with E-state index in [1.807, 2.05) is 6.07 Å². The number of carbonyl (C=O) groups excluding carboxylic acids is 1. The van der Waals surface area contributed by atoms with Crippen molar-refractivity contribution in [3.63, 3.8) is 0 Å². The molecule has 0 bridgehead atoms. The van der Waals surface area contributed by atoms with Crippen LogP contribution in [-0.4, -0.2) is 25.5 Å². The topological polar surface area (TPSA) is 41.1 Å². The number of nitrogens with one attached hydrogen (secondary N) is 2. The molecule has 1 aliphatic heterocycles. The van der Waals surface area contributed by atoms with E-state index in [1.54, 1.807) is 12.1 Å². The summed E-state index contributed by atoms with van der Waals surface area (Å²) in [5, 5.41) is 6.12. The van der Waals surface area contributed by atoms with Crippen LogP contribution >= 0.6 is 12.4 Å². The van der Waals surface area contributed by atoms with Crippen LogP contribution in [0.5, 0.6) is 0 Å². The molecule has 1 aromatic carbocycles. The Morgan fingerprint density at radius 2 is 2.00 bits per heavy atom. The first kappa shape index (κ1) is 15.9. The van der Waals surface area contributed by atoms with Gasteiger partial charge in [-0.15, -0.1) is 12.4 Å². The molecule has 0 saturated carbocycles. The van der Waals surface area contributed by atoms with Crippen molar-refractivity contribution in [3.8, 4) is 0 Å². The van der Waals surface area contributed by atoms with E-state index < -0.39 is 0 Å². The predicted octanol–water partition coefficient (Wildman–Crippen LogP) is 1.91. The second kappa shape index (κ2) is 8.12. The summed E-state index contributed by atoms with van der Waals surface area (Å²) in [4.78, 5) is 11.8. The van der Waals surface area contributed by atoms with Crippen LogP contribution in [0.1, 0.15) is 18.4 Å². The summed E-state index contributed by atoms with van der Waals surface area (Å²) < 4.78 is 13.3. The normalized spacial score (nSPS) is 15.6. The first-order valence-electron chi connectivity index (χ1n) is 6.49. The van der Waals surface area contributed by atoms with Gasteiger partial charge in [-0.2, -0.15) is 0 Å². The van der Waals surface area contributed by atoms with Crippen molar-refractivity contribution in [2.24, 2.45) is 5.92 Å². The van der Waals surface area contributed by atoms with E-state index in [9.17, 15) is 9.18 Å². The lowest BCUT2D eigenvalue weighted by Crippen LogP contribution is -2.38. The maximum atomic E-state index is 13.3. The van der Waals surface area contributed by atoms with E-state index >= 15 is 0 Å². The van der Waals surface area contributed by atoms with Crippen molar-refractivity contribution in [2.75, 3.05) is 19.6 Å². The average molecular weight is 287 g/mol. The first-order valence-corrected chi connectivity index (χ1v) is 6.49. The van der Waals surface area contributed by atoms with E-state index in [4.69, 9.17) is 0 Å². The fourth-order valence-electron chi connectivity index (χ4n) is 2.25. The van der Waals surface area contributed by atoms with Gasteiger partial charge in [0.15, 0.2) is 0 Å². The van der Waals surface area contributed by atoms with Gasteiger partial charge in [-0.3, -0.25) is 4.79 Å². The first-order chi connectivity index (χ1) is 8.77. The van der Waals surface area contributed by atoms with E-state index in [-0.39, 0.29) is 30.0 Å². The van der Waals surface area contributed by atoms with Crippen LogP contribution in [0.25, 0.3) is 0 Å². The Balaban J connectivity index is 0.00000180. The molecule has 1 saturated heterocycles. The molecule has 0 atom stereocenters. The van der Waals surface area contributed by atoms with Gasteiger partial charge in [-0.05, 0) is 44.0 Å². The molecule has 1 aliphatic rings. The number of benzene rings is 1. The smallest absolute Gasteiger partial charge is 0.223 e. The molecule has 0 aliphatic carbocycles. The molecule has 106 valence electrons. The highest BCUT2D eigenvalue weighted by Crippen LogP contribution is 2.11. The van der Waals surface area contributed by atoms with Crippen LogP contribution in [0.4, 0.5) is 4.39 Å². The third-order valence-corrected chi connectivity index (χ3v) is 3.36. The predicted molar refractivity (Wildman–Crippen MR) is 76.0 cm³/mol. The Kier molecular flexibility index (Phi) is 6.81. The van der Waals surface area contributed by atoms with Crippen LogP contribution in [0.3, 0.4) is 0 Å². The second-order valence-electron chi connectivity index (χ2n) is 4.66. The van der Waals surface area contributed by atoms with E-state index in [0.717, 1.165) is 25.9 Å². The Morgan fingerprint density at radius 3 is 2.68 bits per heavy atom. The molecule has 1 aromatic rings. The quantitative estimate of drug-likeness (QED) is 0.888. The Morgan fingerprint density at radius 1 is 1.32 bits per heavy atom. The third-order valence-electron chi connectivity index (χ3n) is 3.36. The van der Waals surface area contributed by atoms with Gasteiger partial charge in [0.25, 0.3) is 0 Å². The largest absolute Gasteiger partial charge is 0.356 e. The van der Waals surface area contributed by atoms with Crippen molar-refractivity contribution in [3.05, 3.63) is 35.6 Å². The highest BCUT2D eigenvalue weighted by molar-refractivity contribution is 5.85. The van der Waals surface area contributed by atoms with Crippen molar-refractivity contribution in [1.82, 2.24) is 10.6 Å². The third kappa shape index (κ3) is 4.80. The molecule has 5 heteroatoms. The Hall–Kier alpha value is -1.13. The molecule has 19 heavy (non-hydrogen) atoms. The van der Waals surface area contributed by atoms with E-state index in [1.165, 1.54) is 6.07 Å². The number of halogens is 2. The summed E-state index contributed by atoms with van der Waals surface area (Å²) in [6, 6.07) is 6.69. The standard InChI is InChI=1S/C14H19FN2O.ClH/c15-13-4-2-1-3-11(13)7-10-17-14(18)12-5-8-16-9-6-12;/h1-4,12,16H,5-10H2,(H,17,18);1H. The summed E-state index contributed by atoms with van der Waals surface area (Å²) in [6.45, 7) is 2.32. The summed E-state index contributed by atoms with van der Waals surface area (Å²) in [7, 11) is 0. The molecule has 2 N–H and O–H groups in total. The molecule has 0 spiro atoms. The summed E-state index contributed by atoms with van der Waals surface area (Å²) >= 11 is 0. The van der Waals surface area contributed by atoms with Gasteiger partial charge < -0.3 is 10.6 Å². The van der Waals surface area contributed by atoms with Crippen molar-refractivity contribution >= 4 is 18.3 Å². The average Bonchev–Trinajstić information content (AvgIpc) is 2.42. The van der Waals surface area contributed by atoms with Gasteiger partial charge in [-0.1, -0.05) is 18.2 Å². The zero-order valence-electron chi connectivity index (χ0n) is 10.8. The van der Waals surface area contributed by atoms with E-state index in [0.29, 0.717) is 18.5 Å². The maximum Gasteiger partial charge on any atom is 0.223 e. The minimum Gasteiger partial charge on any atom is -0.356 e. The molecule has 1 amide bonds. The van der Waals surface area contributed by atoms with Gasteiger partial charge in [-0.25, -0.2) is 4.39 Å². The highest BCUT2D eigenvalue weighted by Gasteiger charge is 2.20. The summed E-state index contributed by atoms with van der Waals surface area (Å²) in [5.74, 6) is 0.0216. The molecule has 1 fully saturated rings. The van der Waals surface area contributed by atoms with Crippen LogP contribution in [0, 0.1) is 11.7 Å². The molecule has 0 aromatic heterocycles. The monoisotopic (exact) mass is 286 g/mol. The van der Waals surface area contributed by atoms with Crippen molar-refractivity contribution < 1.29 is 9.18 Å². The van der Waals surface area contributed by atoms with Crippen molar-refractivity contribution in [1.29, 1.82) is 0 Å². The Bertz CT molecular complexity index is 408. The highest BCUT2D eigenvalue weighted by atomic mass is 35.5. The summed E-state index contributed by atoms with van der Waals surface area (Å²) in [6.07, 6.45) is 2.33. The number of amides is 1. The van der Waals surface area contributed by atoms with Gasteiger partial charge >= 0.3 is 0 Å². The molecular formula is C14H20ClFN2O. The van der Waals surface area contributed by atoms with Crippen LogP contribution in [-0.2, 0) is 11.2 Å². The minimum absolute atomic E-state index is 0. The van der Waals surface area contributed by atoms with Gasteiger partial charge in [0.1, 0.15) is 5.82 Å². The van der Waals surface area contributed by atoms with Crippen LogP contribution in [0.2, 0.25) is 0 Å². The minimum atomic E-state index is -0.200.